The zero-order chi connectivity index (χ0) is 11.5. The van der Waals surface area contributed by atoms with E-state index in [4.69, 9.17) is 0 Å². The summed E-state index contributed by atoms with van der Waals surface area (Å²) in [5, 5.41) is 3.26. The second-order valence-corrected chi connectivity index (χ2v) is 4.74. The lowest BCUT2D eigenvalue weighted by Crippen LogP contribution is -2.52. The Morgan fingerprint density at radius 3 is 3.06 bits per heavy atom. The summed E-state index contributed by atoms with van der Waals surface area (Å²) in [5.41, 5.74) is 0.497. The van der Waals surface area contributed by atoms with Gasteiger partial charge in [-0.1, -0.05) is 0 Å². The standard InChI is InChI=1S/C11H14BrN3O.ClH/c1-8-7-13-5-6-15(8)11(16)10-9(12)3-2-4-14-10;/h2-4,8,13H,5-7H2,1H3;1H. The average molecular weight is 321 g/mol. The highest BCUT2D eigenvalue weighted by molar-refractivity contribution is 9.10. The zero-order valence-electron chi connectivity index (χ0n) is 9.52. The van der Waals surface area contributed by atoms with Crippen molar-refractivity contribution < 1.29 is 4.79 Å². The molecule has 1 amide bonds. The van der Waals surface area contributed by atoms with Gasteiger partial charge in [-0.25, -0.2) is 4.98 Å². The first-order valence-electron chi connectivity index (χ1n) is 5.32. The van der Waals surface area contributed by atoms with Gasteiger partial charge >= 0.3 is 0 Å². The van der Waals surface area contributed by atoms with Gasteiger partial charge in [0.2, 0.25) is 0 Å². The summed E-state index contributed by atoms with van der Waals surface area (Å²) in [5.74, 6) is 0.00137. The van der Waals surface area contributed by atoms with Crippen LogP contribution in [0.15, 0.2) is 22.8 Å². The first-order valence-corrected chi connectivity index (χ1v) is 6.11. The van der Waals surface area contributed by atoms with Crippen LogP contribution in [0, 0.1) is 0 Å². The highest BCUT2D eigenvalue weighted by atomic mass is 79.9. The van der Waals surface area contributed by atoms with E-state index < -0.39 is 0 Å². The molecule has 0 aromatic carbocycles. The Labute approximate surface area is 115 Å². The smallest absolute Gasteiger partial charge is 0.273 e. The maximum Gasteiger partial charge on any atom is 0.273 e. The second kappa shape index (κ2) is 6.33. The first kappa shape index (κ1) is 14.4. The third-order valence-electron chi connectivity index (χ3n) is 2.72. The summed E-state index contributed by atoms with van der Waals surface area (Å²) in [6.07, 6.45) is 1.64. The van der Waals surface area contributed by atoms with Crippen LogP contribution >= 0.6 is 28.3 Å². The Hall–Kier alpha value is -0.650. The van der Waals surface area contributed by atoms with Crippen molar-refractivity contribution in [3.63, 3.8) is 0 Å². The van der Waals surface area contributed by atoms with E-state index in [1.165, 1.54) is 0 Å². The van der Waals surface area contributed by atoms with E-state index >= 15 is 0 Å². The fourth-order valence-electron chi connectivity index (χ4n) is 1.82. The molecule has 1 aromatic heterocycles. The molecule has 2 rings (SSSR count). The fraction of sp³-hybridized carbons (Fsp3) is 0.455. The third-order valence-corrected chi connectivity index (χ3v) is 3.36. The molecule has 1 atom stereocenters. The summed E-state index contributed by atoms with van der Waals surface area (Å²) in [7, 11) is 0. The van der Waals surface area contributed by atoms with Crippen molar-refractivity contribution in [2.75, 3.05) is 19.6 Å². The summed E-state index contributed by atoms with van der Waals surface area (Å²) in [6, 6.07) is 3.87. The molecular formula is C11H15BrClN3O. The molecule has 1 saturated heterocycles. The van der Waals surface area contributed by atoms with Gasteiger partial charge in [0.05, 0.1) is 0 Å². The number of nitrogens with zero attached hydrogens (tertiary/aromatic N) is 2. The van der Waals surface area contributed by atoms with Crippen molar-refractivity contribution >= 4 is 34.2 Å². The summed E-state index contributed by atoms with van der Waals surface area (Å²) < 4.78 is 0.755. The van der Waals surface area contributed by atoms with E-state index in [9.17, 15) is 4.79 Å². The molecule has 1 N–H and O–H groups in total. The largest absolute Gasteiger partial charge is 0.332 e. The lowest BCUT2D eigenvalue weighted by molar-refractivity contribution is 0.0648. The van der Waals surface area contributed by atoms with Crippen LogP contribution in [0.5, 0.6) is 0 Å². The Kier molecular flexibility index (Phi) is 5.36. The first-order chi connectivity index (χ1) is 7.70. The Morgan fingerprint density at radius 2 is 2.41 bits per heavy atom. The van der Waals surface area contributed by atoms with Crippen LogP contribution < -0.4 is 5.32 Å². The quantitative estimate of drug-likeness (QED) is 0.856. The van der Waals surface area contributed by atoms with Crippen LogP contribution in [-0.4, -0.2) is 41.5 Å². The van der Waals surface area contributed by atoms with Gasteiger partial charge < -0.3 is 10.2 Å². The lowest BCUT2D eigenvalue weighted by Gasteiger charge is -2.33. The molecule has 1 aliphatic heterocycles. The van der Waals surface area contributed by atoms with Crippen LogP contribution in [-0.2, 0) is 0 Å². The second-order valence-electron chi connectivity index (χ2n) is 3.89. The highest BCUT2D eigenvalue weighted by Gasteiger charge is 2.25. The number of carbonyl (C=O) groups excluding carboxylic acids is 1. The predicted molar refractivity (Wildman–Crippen MR) is 72.6 cm³/mol. The molecule has 1 aliphatic rings. The van der Waals surface area contributed by atoms with Crippen molar-refractivity contribution in [1.82, 2.24) is 15.2 Å². The molecule has 4 nitrogen and oxygen atoms in total. The third kappa shape index (κ3) is 3.18. The molecule has 94 valence electrons. The van der Waals surface area contributed by atoms with Crippen LogP contribution in [0.25, 0.3) is 0 Å². The molecule has 0 bridgehead atoms. The summed E-state index contributed by atoms with van der Waals surface area (Å²) in [4.78, 5) is 18.2. The Morgan fingerprint density at radius 1 is 1.65 bits per heavy atom. The van der Waals surface area contributed by atoms with E-state index in [1.54, 1.807) is 6.20 Å². The topological polar surface area (TPSA) is 45.2 Å². The minimum atomic E-state index is 0. The Balaban J connectivity index is 0.00000144. The maximum atomic E-state index is 12.2. The lowest BCUT2D eigenvalue weighted by atomic mass is 10.2. The SMILES string of the molecule is CC1CNCCN1C(=O)c1ncccc1Br.Cl. The molecule has 0 radical (unpaired) electrons. The van der Waals surface area contributed by atoms with E-state index in [0.29, 0.717) is 5.69 Å². The van der Waals surface area contributed by atoms with Gasteiger partial charge in [-0.3, -0.25) is 4.79 Å². The zero-order valence-corrected chi connectivity index (χ0v) is 11.9. The van der Waals surface area contributed by atoms with Crippen molar-refractivity contribution in [3.05, 3.63) is 28.5 Å². The molecule has 1 unspecified atom stereocenters. The van der Waals surface area contributed by atoms with Gasteiger partial charge in [0.15, 0.2) is 0 Å². The minimum Gasteiger partial charge on any atom is -0.332 e. The molecular weight excluding hydrogens is 305 g/mol. The van der Waals surface area contributed by atoms with Crippen molar-refractivity contribution in [1.29, 1.82) is 0 Å². The number of halogens is 2. The number of hydrogen-bond acceptors (Lipinski definition) is 3. The molecule has 6 heteroatoms. The number of carbonyl (C=O) groups is 1. The molecule has 1 aromatic rings. The number of amides is 1. The van der Waals surface area contributed by atoms with Gasteiger partial charge in [-0.2, -0.15) is 0 Å². The van der Waals surface area contributed by atoms with E-state index in [0.717, 1.165) is 24.1 Å². The van der Waals surface area contributed by atoms with Crippen LogP contribution in [0.1, 0.15) is 17.4 Å². The number of hydrogen-bond donors (Lipinski definition) is 1. The number of nitrogens with one attached hydrogen (secondary N) is 1. The normalized spacial score (nSPS) is 19.6. The number of rotatable bonds is 1. The summed E-state index contributed by atoms with van der Waals surface area (Å²) in [6.45, 7) is 4.47. The van der Waals surface area contributed by atoms with Crippen LogP contribution in [0.3, 0.4) is 0 Å². The monoisotopic (exact) mass is 319 g/mol. The number of pyridine rings is 1. The van der Waals surface area contributed by atoms with E-state index in [2.05, 4.69) is 26.2 Å². The number of piperazine rings is 1. The molecule has 2 heterocycles. The fourth-order valence-corrected chi connectivity index (χ4v) is 2.25. The van der Waals surface area contributed by atoms with Gasteiger partial charge in [0.25, 0.3) is 5.91 Å². The van der Waals surface area contributed by atoms with Crippen LogP contribution in [0.2, 0.25) is 0 Å². The van der Waals surface area contributed by atoms with Crippen molar-refractivity contribution in [2.24, 2.45) is 0 Å². The molecule has 0 spiro atoms. The molecule has 0 aliphatic carbocycles. The number of aromatic nitrogens is 1. The van der Waals surface area contributed by atoms with Gasteiger partial charge in [-0.15, -0.1) is 12.4 Å². The van der Waals surface area contributed by atoms with Crippen LogP contribution in [0.4, 0.5) is 0 Å². The van der Waals surface area contributed by atoms with Crippen molar-refractivity contribution in [2.45, 2.75) is 13.0 Å². The molecule has 17 heavy (non-hydrogen) atoms. The maximum absolute atomic E-state index is 12.2. The summed E-state index contributed by atoms with van der Waals surface area (Å²) >= 11 is 3.36. The van der Waals surface area contributed by atoms with Gasteiger partial charge in [-0.05, 0) is 35.0 Å². The van der Waals surface area contributed by atoms with Gasteiger partial charge in [0.1, 0.15) is 5.69 Å². The van der Waals surface area contributed by atoms with Crippen molar-refractivity contribution in [3.8, 4) is 0 Å². The van der Waals surface area contributed by atoms with E-state index in [1.807, 2.05) is 24.0 Å². The molecule has 1 fully saturated rings. The average Bonchev–Trinajstić information content (AvgIpc) is 2.29. The minimum absolute atomic E-state index is 0. The highest BCUT2D eigenvalue weighted by Crippen LogP contribution is 2.17. The predicted octanol–water partition coefficient (Wildman–Crippen LogP) is 1.70. The Bertz CT molecular complexity index is 402. The van der Waals surface area contributed by atoms with Gasteiger partial charge in [0, 0.05) is 36.3 Å². The van der Waals surface area contributed by atoms with E-state index in [-0.39, 0.29) is 24.4 Å². The molecule has 0 saturated carbocycles.